The molecule has 0 aliphatic rings. The number of rotatable bonds is 7. The second-order valence-corrected chi connectivity index (χ2v) is 6.41. The molecular formula is C19H24ClN2O3+. The molecule has 0 radical (unpaired) electrons. The van der Waals surface area contributed by atoms with Crippen molar-refractivity contribution in [2.45, 2.75) is 13.5 Å². The van der Waals surface area contributed by atoms with Gasteiger partial charge in [-0.25, -0.2) is 0 Å². The third-order valence-electron chi connectivity index (χ3n) is 3.90. The molecule has 0 aromatic heterocycles. The minimum Gasteiger partial charge on any atom is -0.493 e. The van der Waals surface area contributed by atoms with Crippen molar-refractivity contribution in [1.82, 2.24) is 0 Å². The first-order valence-corrected chi connectivity index (χ1v) is 8.39. The molecule has 1 unspecified atom stereocenters. The molecule has 0 aliphatic heterocycles. The van der Waals surface area contributed by atoms with E-state index in [1.807, 2.05) is 44.3 Å². The standard InChI is InChI=1S/C19H23ClN2O3/c1-13-10-15(20)8-9-16(13)21-18(23)12-22(2)11-14-6-5-7-17(24-3)19(14)25-4/h5-10H,11-12H2,1-4H3,(H,21,23)/p+1. The number of anilines is 1. The molecule has 0 heterocycles. The number of likely N-dealkylation sites (N-methyl/N-ethyl adjacent to an activating group) is 1. The average Bonchev–Trinajstić information content (AvgIpc) is 2.57. The molecule has 6 heteroatoms. The Kier molecular flexibility index (Phi) is 6.67. The molecule has 0 spiro atoms. The topological polar surface area (TPSA) is 52.0 Å². The van der Waals surface area contributed by atoms with E-state index in [1.54, 1.807) is 20.3 Å². The molecule has 134 valence electrons. The monoisotopic (exact) mass is 363 g/mol. The Morgan fingerprint density at radius 2 is 1.96 bits per heavy atom. The molecule has 0 bridgehead atoms. The molecule has 0 fully saturated rings. The molecule has 1 atom stereocenters. The van der Waals surface area contributed by atoms with Crippen molar-refractivity contribution in [2.75, 3.05) is 33.1 Å². The molecule has 5 nitrogen and oxygen atoms in total. The van der Waals surface area contributed by atoms with Crippen molar-refractivity contribution in [3.8, 4) is 11.5 Å². The Balaban J connectivity index is 2.00. The molecule has 0 saturated heterocycles. The molecule has 0 saturated carbocycles. The van der Waals surface area contributed by atoms with Gasteiger partial charge in [0.2, 0.25) is 0 Å². The zero-order valence-electron chi connectivity index (χ0n) is 15.0. The van der Waals surface area contributed by atoms with Gasteiger partial charge in [0, 0.05) is 10.7 Å². The third-order valence-corrected chi connectivity index (χ3v) is 4.14. The molecule has 25 heavy (non-hydrogen) atoms. The number of halogens is 1. The van der Waals surface area contributed by atoms with E-state index in [0.29, 0.717) is 29.6 Å². The summed E-state index contributed by atoms with van der Waals surface area (Å²) in [4.78, 5) is 13.3. The maximum absolute atomic E-state index is 12.3. The molecule has 2 N–H and O–H groups in total. The highest BCUT2D eigenvalue weighted by Crippen LogP contribution is 2.30. The lowest BCUT2D eigenvalue weighted by Gasteiger charge is -2.17. The second-order valence-electron chi connectivity index (χ2n) is 5.97. The number of carbonyl (C=O) groups excluding carboxylic acids is 1. The summed E-state index contributed by atoms with van der Waals surface area (Å²) >= 11 is 5.94. The van der Waals surface area contributed by atoms with Crippen LogP contribution in [0.1, 0.15) is 11.1 Å². The van der Waals surface area contributed by atoms with Crippen LogP contribution in [-0.4, -0.2) is 33.7 Å². The van der Waals surface area contributed by atoms with E-state index in [2.05, 4.69) is 5.32 Å². The summed E-state index contributed by atoms with van der Waals surface area (Å²) in [5.74, 6) is 1.34. The fraction of sp³-hybridized carbons (Fsp3) is 0.316. The van der Waals surface area contributed by atoms with Gasteiger partial charge in [0.15, 0.2) is 18.0 Å². The Labute approximate surface area is 153 Å². The Morgan fingerprint density at radius 1 is 1.20 bits per heavy atom. The number of methoxy groups -OCH3 is 2. The molecule has 0 aliphatic carbocycles. The fourth-order valence-electron chi connectivity index (χ4n) is 2.72. The van der Waals surface area contributed by atoms with Crippen LogP contribution < -0.4 is 19.7 Å². The number of aryl methyl sites for hydroxylation is 1. The van der Waals surface area contributed by atoms with Gasteiger partial charge in [-0.1, -0.05) is 17.7 Å². The van der Waals surface area contributed by atoms with Gasteiger partial charge < -0.3 is 19.7 Å². The number of amides is 1. The number of ether oxygens (including phenoxy) is 2. The minimum atomic E-state index is -0.0511. The molecule has 2 aromatic rings. The third kappa shape index (κ3) is 5.11. The van der Waals surface area contributed by atoms with E-state index in [1.165, 1.54) is 0 Å². The van der Waals surface area contributed by atoms with Crippen molar-refractivity contribution >= 4 is 23.2 Å². The summed E-state index contributed by atoms with van der Waals surface area (Å²) in [6.45, 7) is 2.90. The van der Waals surface area contributed by atoms with Gasteiger partial charge in [-0.3, -0.25) is 4.79 Å². The van der Waals surface area contributed by atoms with E-state index < -0.39 is 0 Å². The van der Waals surface area contributed by atoms with E-state index >= 15 is 0 Å². The Hall–Kier alpha value is -2.24. The van der Waals surface area contributed by atoms with Gasteiger partial charge in [-0.2, -0.15) is 0 Å². The fourth-order valence-corrected chi connectivity index (χ4v) is 2.94. The van der Waals surface area contributed by atoms with Crippen LogP contribution in [0.15, 0.2) is 36.4 Å². The van der Waals surface area contributed by atoms with E-state index in [-0.39, 0.29) is 5.91 Å². The summed E-state index contributed by atoms with van der Waals surface area (Å²) in [5.41, 5.74) is 2.71. The predicted octanol–water partition coefficient (Wildman–Crippen LogP) is 2.32. The van der Waals surface area contributed by atoms with Crippen LogP contribution in [0, 0.1) is 6.92 Å². The van der Waals surface area contributed by atoms with Gasteiger partial charge in [0.05, 0.1) is 26.8 Å². The first-order chi connectivity index (χ1) is 11.9. The zero-order chi connectivity index (χ0) is 18.4. The Morgan fingerprint density at radius 3 is 2.60 bits per heavy atom. The van der Waals surface area contributed by atoms with Crippen LogP contribution in [0.3, 0.4) is 0 Å². The highest BCUT2D eigenvalue weighted by Gasteiger charge is 2.16. The molecule has 2 aromatic carbocycles. The zero-order valence-corrected chi connectivity index (χ0v) is 15.7. The highest BCUT2D eigenvalue weighted by atomic mass is 35.5. The van der Waals surface area contributed by atoms with Crippen LogP contribution in [-0.2, 0) is 11.3 Å². The molecular weight excluding hydrogens is 340 g/mol. The van der Waals surface area contributed by atoms with Crippen molar-refractivity contribution < 1.29 is 19.2 Å². The van der Waals surface area contributed by atoms with Crippen molar-refractivity contribution in [3.63, 3.8) is 0 Å². The van der Waals surface area contributed by atoms with E-state index in [9.17, 15) is 4.79 Å². The van der Waals surface area contributed by atoms with Gasteiger partial charge >= 0.3 is 0 Å². The minimum absolute atomic E-state index is 0.0511. The smallest absolute Gasteiger partial charge is 0.279 e. The maximum atomic E-state index is 12.3. The quantitative estimate of drug-likeness (QED) is 0.793. The predicted molar refractivity (Wildman–Crippen MR) is 99.8 cm³/mol. The second kappa shape index (κ2) is 8.74. The van der Waals surface area contributed by atoms with Gasteiger partial charge in [0.25, 0.3) is 5.91 Å². The summed E-state index contributed by atoms with van der Waals surface area (Å²) in [6, 6.07) is 11.2. The van der Waals surface area contributed by atoms with Crippen molar-refractivity contribution in [1.29, 1.82) is 0 Å². The van der Waals surface area contributed by atoms with Crippen LogP contribution in [0.5, 0.6) is 11.5 Å². The summed E-state index contributed by atoms with van der Waals surface area (Å²) in [7, 11) is 5.19. The lowest BCUT2D eigenvalue weighted by Crippen LogP contribution is -3.08. The van der Waals surface area contributed by atoms with Gasteiger partial charge in [0.1, 0.15) is 6.54 Å². The lowest BCUT2D eigenvalue weighted by molar-refractivity contribution is -0.885. The first-order valence-electron chi connectivity index (χ1n) is 8.01. The highest BCUT2D eigenvalue weighted by molar-refractivity contribution is 6.30. The number of carbonyl (C=O) groups is 1. The number of benzene rings is 2. The van der Waals surface area contributed by atoms with E-state index in [4.69, 9.17) is 21.1 Å². The average molecular weight is 364 g/mol. The lowest BCUT2D eigenvalue weighted by atomic mass is 10.1. The van der Waals surface area contributed by atoms with Crippen LogP contribution in [0.25, 0.3) is 0 Å². The number of hydrogen-bond acceptors (Lipinski definition) is 3. The number of nitrogens with one attached hydrogen (secondary N) is 2. The largest absolute Gasteiger partial charge is 0.493 e. The summed E-state index contributed by atoms with van der Waals surface area (Å²) in [6.07, 6.45) is 0. The van der Waals surface area contributed by atoms with Crippen LogP contribution in [0.2, 0.25) is 5.02 Å². The van der Waals surface area contributed by atoms with Crippen molar-refractivity contribution in [2.24, 2.45) is 0 Å². The number of para-hydroxylation sites is 1. The van der Waals surface area contributed by atoms with Crippen molar-refractivity contribution in [3.05, 3.63) is 52.5 Å². The number of quaternary nitrogens is 1. The number of hydrogen-bond donors (Lipinski definition) is 2. The van der Waals surface area contributed by atoms with Crippen LogP contribution in [0.4, 0.5) is 5.69 Å². The molecule has 2 rings (SSSR count). The van der Waals surface area contributed by atoms with E-state index in [0.717, 1.165) is 21.7 Å². The maximum Gasteiger partial charge on any atom is 0.279 e. The normalized spacial score (nSPS) is 11.7. The van der Waals surface area contributed by atoms with Gasteiger partial charge in [-0.15, -0.1) is 0 Å². The summed E-state index contributed by atoms with van der Waals surface area (Å²) < 4.78 is 10.8. The molecule has 1 amide bonds. The first kappa shape index (κ1) is 19.1. The Bertz CT molecular complexity index is 749. The van der Waals surface area contributed by atoms with Crippen LogP contribution >= 0.6 is 11.6 Å². The van der Waals surface area contributed by atoms with Gasteiger partial charge in [-0.05, 0) is 42.8 Å². The SMILES string of the molecule is COc1cccc(C[NH+](C)CC(=O)Nc2ccc(Cl)cc2C)c1OC. The summed E-state index contributed by atoms with van der Waals surface area (Å²) in [5, 5.41) is 3.59.